The average Bonchev–Trinajstić information content (AvgIpc) is 3.14. The van der Waals surface area contributed by atoms with E-state index >= 15 is 0 Å². The van der Waals surface area contributed by atoms with Gasteiger partial charge in [-0.2, -0.15) is 9.61 Å². The van der Waals surface area contributed by atoms with Gasteiger partial charge in [-0.3, -0.25) is 0 Å². The molecule has 0 unspecified atom stereocenters. The normalized spacial score (nSPS) is 11.4. The second-order valence-corrected chi connectivity index (χ2v) is 6.44. The van der Waals surface area contributed by atoms with Gasteiger partial charge in [0.1, 0.15) is 10.8 Å². The van der Waals surface area contributed by atoms with Crippen molar-refractivity contribution >= 4 is 39.5 Å². The van der Waals surface area contributed by atoms with Crippen LogP contribution < -0.4 is 0 Å². The summed E-state index contributed by atoms with van der Waals surface area (Å²) in [6.45, 7) is 1.87. The number of benzene rings is 1. The maximum Gasteiger partial charge on any atom is 0.235 e. The van der Waals surface area contributed by atoms with Gasteiger partial charge in [0.05, 0.1) is 16.8 Å². The van der Waals surface area contributed by atoms with Crippen LogP contribution in [-0.4, -0.2) is 19.8 Å². The first-order valence-electron chi connectivity index (χ1n) is 6.35. The number of furan rings is 1. The molecular formula is C14H8Cl2N4OS. The van der Waals surface area contributed by atoms with Crippen LogP contribution in [0.15, 0.2) is 34.9 Å². The molecule has 0 aliphatic heterocycles. The van der Waals surface area contributed by atoms with Crippen LogP contribution in [-0.2, 0) is 0 Å². The minimum Gasteiger partial charge on any atom is -0.469 e. The first kappa shape index (κ1) is 13.8. The van der Waals surface area contributed by atoms with E-state index < -0.39 is 0 Å². The molecule has 8 heteroatoms. The van der Waals surface area contributed by atoms with Gasteiger partial charge in [0.25, 0.3) is 0 Å². The summed E-state index contributed by atoms with van der Waals surface area (Å²) in [4.78, 5) is 0.691. The molecule has 4 aromatic rings. The lowest BCUT2D eigenvalue weighted by Crippen LogP contribution is -1.91. The minimum atomic E-state index is 0.554. The van der Waals surface area contributed by atoms with Gasteiger partial charge in [0, 0.05) is 10.6 Å². The number of halogens is 2. The lowest BCUT2D eigenvalue weighted by Gasteiger charge is -1.99. The first-order chi connectivity index (χ1) is 10.6. The molecule has 3 heterocycles. The zero-order valence-corrected chi connectivity index (χ0v) is 13.6. The number of hydrogen-bond donors (Lipinski definition) is 0. The summed E-state index contributed by atoms with van der Waals surface area (Å²) < 4.78 is 7.02. The van der Waals surface area contributed by atoms with Crippen LogP contribution >= 0.6 is 34.5 Å². The van der Waals surface area contributed by atoms with E-state index in [9.17, 15) is 0 Å². The van der Waals surface area contributed by atoms with Gasteiger partial charge < -0.3 is 4.42 Å². The summed E-state index contributed by atoms with van der Waals surface area (Å²) in [7, 11) is 0. The SMILES string of the molecule is Cc1occc1-c1nnc2sc(-c3ccc(Cl)cc3Cl)nn12. The molecule has 110 valence electrons. The molecule has 0 aliphatic rings. The fourth-order valence-electron chi connectivity index (χ4n) is 2.17. The first-order valence-corrected chi connectivity index (χ1v) is 7.93. The number of rotatable bonds is 2. The van der Waals surface area contributed by atoms with Gasteiger partial charge in [-0.15, -0.1) is 10.2 Å². The molecule has 4 rings (SSSR count). The molecule has 0 radical (unpaired) electrons. The minimum absolute atomic E-state index is 0.554. The Labute approximate surface area is 139 Å². The van der Waals surface area contributed by atoms with Gasteiger partial charge in [0.2, 0.25) is 4.96 Å². The quantitative estimate of drug-likeness (QED) is 0.524. The summed E-state index contributed by atoms with van der Waals surface area (Å²) >= 11 is 13.6. The number of fused-ring (bicyclic) bond motifs is 1. The highest BCUT2D eigenvalue weighted by molar-refractivity contribution is 7.19. The summed E-state index contributed by atoms with van der Waals surface area (Å²) in [5.74, 6) is 1.42. The third-order valence-electron chi connectivity index (χ3n) is 3.25. The number of aryl methyl sites for hydroxylation is 1. The molecule has 0 saturated carbocycles. The Hall–Kier alpha value is -1.89. The van der Waals surface area contributed by atoms with Crippen molar-refractivity contribution in [3.63, 3.8) is 0 Å². The number of nitrogens with zero attached hydrogens (tertiary/aromatic N) is 4. The van der Waals surface area contributed by atoms with E-state index in [1.54, 1.807) is 22.9 Å². The van der Waals surface area contributed by atoms with Crippen molar-refractivity contribution in [1.29, 1.82) is 0 Å². The van der Waals surface area contributed by atoms with Crippen LogP contribution in [0.1, 0.15) is 5.76 Å². The summed E-state index contributed by atoms with van der Waals surface area (Å²) in [5.41, 5.74) is 1.68. The summed E-state index contributed by atoms with van der Waals surface area (Å²) in [6, 6.07) is 7.17. The standard InChI is InChI=1S/C14H8Cl2N4OS/c1-7-9(4-5-21-7)12-17-18-14-20(12)19-13(22-14)10-3-2-8(15)6-11(10)16/h2-6H,1H3. The van der Waals surface area contributed by atoms with Crippen LogP contribution in [0.5, 0.6) is 0 Å². The van der Waals surface area contributed by atoms with E-state index in [1.165, 1.54) is 11.3 Å². The van der Waals surface area contributed by atoms with Crippen LogP contribution in [0.3, 0.4) is 0 Å². The zero-order chi connectivity index (χ0) is 15.3. The van der Waals surface area contributed by atoms with Crippen LogP contribution in [0.25, 0.3) is 26.9 Å². The van der Waals surface area contributed by atoms with Crippen LogP contribution in [0.4, 0.5) is 0 Å². The highest BCUT2D eigenvalue weighted by Crippen LogP contribution is 2.34. The van der Waals surface area contributed by atoms with Crippen molar-refractivity contribution in [2.45, 2.75) is 6.92 Å². The molecule has 0 spiro atoms. The highest BCUT2D eigenvalue weighted by atomic mass is 35.5. The molecule has 0 fully saturated rings. The highest BCUT2D eigenvalue weighted by Gasteiger charge is 2.18. The smallest absolute Gasteiger partial charge is 0.235 e. The predicted octanol–water partition coefficient (Wildman–Crippen LogP) is 4.73. The van der Waals surface area contributed by atoms with Crippen LogP contribution in [0.2, 0.25) is 10.0 Å². The lowest BCUT2D eigenvalue weighted by molar-refractivity contribution is 0.535. The van der Waals surface area contributed by atoms with E-state index in [0.29, 0.717) is 20.8 Å². The van der Waals surface area contributed by atoms with Crippen molar-refractivity contribution < 1.29 is 4.42 Å². The second kappa shape index (κ2) is 5.08. The van der Waals surface area contributed by atoms with E-state index in [2.05, 4.69) is 15.3 Å². The maximum absolute atomic E-state index is 6.25. The second-order valence-electron chi connectivity index (χ2n) is 4.64. The molecule has 0 amide bonds. The fraction of sp³-hybridized carbons (Fsp3) is 0.0714. The molecule has 5 nitrogen and oxygen atoms in total. The average molecular weight is 351 g/mol. The Balaban J connectivity index is 1.89. The van der Waals surface area contributed by atoms with Gasteiger partial charge in [-0.05, 0) is 31.2 Å². The Bertz CT molecular complexity index is 988. The lowest BCUT2D eigenvalue weighted by atomic mass is 10.2. The van der Waals surface area contributed by atoms with E-state index in [0.717, 1.165) is 21.9 Å². The van der Waals surface area contributed by atoms with E-state index in [4.69, 9.17) is 27.6 Å². The third kappa shape index (κ3) is 2.11. The molecule has 0 saturated heterocycles. The number of aromatic nitrogens is 4. The monoisotopic (exact) mass is 350 g/mol. The van der Waals surface area contributed by atoms with Gasteiger partial charge >= 0.3 is 0 Å². The van der Waals surface area contributed by atoms with Crippen molar-refractivity contribution in [3.05, 3.63) is 46.3 Å². The van der Waals surface area contributed by atoms with Gasteiger partial charge in [-0.1, -0.05) is 34.5 Å². The molecule has 0 atom stereocenters. The van der Waals surface area contributed by atoms with Crippen molar-refractivity contribution in [2.75, 3.05) is 0 Å². The Morgan fingerprint density at radius 2 is 2.00 bits per heavy atom. The van der Waals surface area contributed by atoms with Gasteiger partial charge in [0.15, 0.2) is 5.82 Å². The molecule has 0 aliphatic carbocycles. The topological polar surface area (TPSA) is 56.2 Å². The summed E-state index contributed by atoms with van der Waals surface area (Å²) in [6.07, 6.45) is 1.62. The van der Waals surface area contributed by atoms with Crippen LogP contribution in [0, 0.1) is 6.92 Å². The predicted molar refractivity (Wildman–Crippen MR) is 86.6 cm³/mol. The fourth-order valence-corrected chi connectivity index (χ4v) is 3.61. The van der Waals surface area contributed by atoms with E-state index in [-0.39, 0.29) is 0 Å². The van der Waals surface area contributed by atoms with Crippen molar-refractivity contribution in [1.82, 2.24) is 19.8 Å². The Morgan fingerprint density at radius 1 is 1.14 bits per heavy atom. The Morgan fingerprint density at radius 3 is 2.73 bits per heavy atom. The van der Waals surface area contributed by atoms with E-state index in [1.807, 2.05) is 19.1 Å². The van der Waals surface area contributed by atoms with Crippen molar-refractivity contribution in [2.24, 2.45) is 0 Å². The largest absolute Gasteiger partial charge is 0.469 e. The maximum atomic E-state index is 6.25. The molecular weight excluding hydrogens is 343 g/mol. The van der Waals surface area contributed by atoms with Crippen molar-refractivity contribution in [3.8, 4) is 22.0 Å². The molecule has 0 N–H and O–H groups in total. The molecule has 1 aromatic carbocycles. The van der Waals surface area contributed by atoms with Gasteiger partial charge in [-0.25, -0.2) is 0 Å². The zero-order valence-electron chi connectivity index (χ0n) is 11.2. The molecule has 0 bridgehead atoms. The molecule has 22 heavy (non-hydrogen) atoms. The Kier molecular flexibility index (Phi) is 3.18. The number of hydrogen-bond acceptors (Lipinski definition) is 5. The third-order valence-corrected chi connectivity index (χ3v) is 4.73. The molecule has 3 aromatic heterocycles. The summed E-state index contributed by atoms with van der Waals surface area (Å²) in [5, 5.41) is 14.8.